The number of aromatic nitrogens is 3. The number of nitrogens with one attached hydrogen (secondary N) is 1. The van der Waals surface area contributed by atoms with E-state index in [4.69, 9.17) is 9.47 Å². The minimum atomic E-state index is 0.249. The van der Waals surface area contributed by atoms with Gasteiger partial charge in [-0.15, -0.1) is 4.98 Å². The van der Waals surface area contributed by atoms with Gasteiger partial charge in [-0.2, -0.15) is 9.97 Å². The van der Waals surface area contributed by atoms with Crippen molar-refractivity contribution in [3.63, 3.8) is 0 Å². The van der Waals surface area contributed by atoms with Gasteiger partial charge in [0.2, 0.25) is 5.95 Å². The third kappa shape index (κ3) is 4.08. The first-order valence-electron chi connectivity index (χ1n) is 6.55. The maximum Gasteiger partial charge on any atom is 0.324 e. The van der Waals surface area contributed by atoms with Gasteiger partial charge in [0, 0.05) is 7.05 Å². The van der Waals surface area contributed by atoms with Gasteiger partial charge in [-0.25, -0.2) is 0 Å². The molecule has 20 heavy (non-hydrogen) atoms. The molecule has 6 heteroatoms. The van der Waals surface area contributed by atoms with Crippen LogP contribution in [0.3, 0.4) is 0 Å². The molecule has 2 aromatic rings. The lowest BCUT2D eigenvalue weighted by molar-refractivity contribution is 0.256. The van der Waals surface area contributed by atoms with Crippen LogP contribution < -0.4 is 14.8 Å². The SMILES string of the molecule is CCCOc1nc(NC)nc(OCc2ccccc2)n1. The summed E-state index contributed by atoms with van der Waals surface area (Å²) >= 11 is 0. The van der Waals surface area contributed by atoms with Crippen molar-refractivity contribution in [3.05, 3.63) is 35.9 Å². The summed E-state index contributed by atoms with van der Waals surface area (Å²) in [6, 6.07) is 10.4. The molecule has 0 aliphatic carbocycles. The van der Waals surface area contributed by atoms with Gasteiger partial charge in [0.1, 0.15) is 6.61 Å². The van der Waals surface area contributed by atoms with Crippen molar-refractivity contribution < 1.29 is 9.47 Å². The third-order valence-electron chi connectivity index (χ3n) is 2.46. The number of hydrogen-bond acceptors (Lipinski definition) is 6. The van der Waals surface area contributed by atoms with E-state index in [1.807, 2.05) is 37.3 Å². The minimum Gasteiger partial charge on any atom is -0.463 e. The van der Waals surface area contributed by atoms with Gasteiger partial charge in [-0.3, -0.25) is 0 Å². The van der Waals surface area contributed by atoms with Crippen molar-refractivity contribution in [2.75, 3.05) is 19.0 Å². The quantitative estimate of drug-likeness (QED) is 0.835. The molecule has 1 heterocycles. The van der Waals surface area contributed by atoms with Crippen LogP contribution in [0.15, 0.2) is 30.3 Å². The topological polar surface area (TPSA) is 69.2 Å². The summed E-state index contributed by atoms with van der Waals surface area (Å²) in [5, 5.41) is 2.86. The molecule has 0 aliphatic heterocycles. The Balaban J connectivity index is 2.06. The maximum atomic E-state index is 5.57. The molecule has 106 valence electrons. The van der Waals surface area contributed by atoms with Crippen molar-refractivity contribution in [2.45, 2.75) is 20.0 Å². The predicted octanol–water partition coefficient (Wildman–Crippen LogP) is 2.28. The Morgan fingerprint density at radius 3 is 2.35 bits per heavy atom. The Bertz CT molecular complexity index is 534. The van der Waals surface area contributed by atoms with Crippen LogP contribution in [0.25, 0.3) is 0 Å². The third-order valence-corrected chi connectivity index (χ3v) is 2.46. The van der Waals surface area contributed by atoms with Crippen LogP contribution in [0.5, 0.6) is 12.0 Å². The molecule has 2 rings (SSSR count). The molecule has 0 amide bonds. The first-order valence-corrected chi connectivity index (χ1v) is 6.55. The fourth-order valence-electron chi connectivity index (χ4n) is 1.49. The lowest BCUT2D eigenvalue weighted by Crippen LogP contribution is -2.07. The normalized spacial score (nSPS) is 10.1. The fourth-order valence-corrected chi connectivity index (χ4v) is 1.49. The van der Waals surface area contributed by atoms with Crippen LogP contribution >= 0.6 is 0 Å². The van der Waals surface area contributed by atoms with E-state index in [1.165, 1.54) is 0 Å². The van der Waals surface area contributed by atoms with E-state index >= 15 is 0 Å². The summed E-state index contributed by atoms with van der Waals surface area (Å²) in [6.07, 6.45) is 0.890. The molecule has 6 nitrogen and oxygen atoms in total. The summed E-state index contributed by atoms with van der Waals surface area (Å²) in [5.41, 5.74) is 1.05. The molecule has 0 radical (unpaired) electrons. The van der Waals surface area contributed by atoms with Crippen LogP contribution in [0.1, 0.15) is 18.9 Å². The van der Waals surface area contributed by atoms with E-state index < -0.39 is 0 Å². The molecule has 0 saturated heterocycles. The largest absolute Gasteiger partial charge is 0.463 e. The molecule has 0 unspecified atom stereocenters. The van der Waals surface area contributed by atoms with E-state index in [1.54, 1.807) is 7.05 Å². The lowest BCUT2D eigenvalue weighted by Gasteiger charge is -2.08. The molecule has 1 aromatic carbocycles. The lowest BCUT2D eigenvalue weighted by atomic mass is 10.2. The zero-order valence-corrected chi connectivity index (χ0v) is 11.7. The molecule has 1 aromatic heterocycles. The summed E-state index contributed by atoms with van der Waals surface area (Å²) in [4.78, 5) is 12.4. The van der Waals surface area contributed by atoms with Gasteiger partial charge < -0.3 is 14.8 Å². The number of ether oxygens (including phenoxy) is 2. The summed E-state index contributed by atoms with van der Waals surface area (Å²) in [7, 11) is 1.74. The van der Waals surface area contributed by atoms with Crippen molar-refractivity contribution in [2.24, 2.45) is 0 Å². The number of nitrogens with zero attached hydrogens (tertiary/aromatic N) is 3. The molecule has 0 atom stereocenters. The van der Waals surface area contributed by atoms with Crippen LogP contribution in [-0.4, -0.2) is 28.6 Å². The van der Waals surface area contributed by atoms with E-state index in [2.05, 4.69) is 20.3 Å². The van der Waals surface area contributed by atoms with Crippen LogP contribution in [0, 0.1) is 0 Å². The molecular weight excluding hydrogens is 256 g/mol. The van der Waals surface area contributed by atoms with Gasteiger partial charge >= 0.3 is 12.0 Å². The molecule has 1 N–H and O–H groups in total. The zero-order chi connectivity index (χ0) is 14.2. The summed E-state index contributed by atoms with van der Waals surface area (Å²) in [6.45, 7) is 2.99. The Kier molecular flexibility index (Phi) is 5.11. The number of hydrogen-bond donors (Lipinski definition) is 1. The Morgan fingerprint density at radius 2 is 1.70 bits per heavy atom. The fraction of sp³-hybridized carbons (Fsp3) is 0.357. The molecule has 0 fully saturated rings. The Morgan fingerprint density at radius 1 is 1.00 bits per heavy atom. The van der Waals surface area contributed by atoms with Gasteiger partial charge in [-0.1, -0.05) is 37.3 Å². The van der Waals surface area contributed by atoms with Crippen molar-refractivity contribution >= 4 is 5.95 Å². The highest BCUT2D eigenvalue weighted by molar-refractivity contribution is 5.26. The predicted molar refractivity (Wildman–Crippen MR) is 75.9 cm³/mol. The average Bonchev–Trinajstić information content (AvgIpc) is 2.51. The second-order valence-corrected chi connectivity index (χ2v) is 4.10. The number of rotatable bonds is 7. The average molecular weight is 274 g/mol. The van der Waals surface area contributed by atoms with Crippen LogP contribution in [-0.2, 0) is 6.61 Å². The summed E-state index contributed by atoms with van der Waals surface area (Å²) < 4.78 is 11.0. The number of anilines is 1. The van der Waals surface area contributed by atoms with Crippen molar-refractivity contribution in [1.29, 1.82) is 0 Å². The first-order chi connectivity index (χ1) is 9.81. The Labute approximate surface area is 118 Å². The molecule has 0 bridgehead atoms. The molecular formula is C14H18N4O2. The second kappa shape index (κ2) is 7.28. The van der Waals surface area contributed by atoms with E-state index in [0.717, 1.165) is 12.0 Å². The van der Waals surface area contributed by atoms with Crippen molar-refractivity contribution in [3.8, 4) is 12.0 Å². The monoisotopic (exact) mass is 274 g/mol. The van der Waals surface area contributed by atoms with E-state index in [-0.39, 0.29) is 12.0 Å². The van der Waals surface area contributed by atoms with Crippen LogP contribution in [0.2, 0.25) is 0 Å². The summed E-state index contributed by atoms with van der Waals surface area (Å²) in [5.74, 6) is 0.425. The highest BCUT2D eigenvalue weighted by Crippen LogP contribution is 2.14. The van der Waals surface area contributed by atoms with Gasteiger partial charge in [0.25, 0.3) is 0 Å². The van der Waals surface area contributed by atoms with E-state index in [0.29, 0.717) is 19.2 Å². The zero-order valence-electron chi connectivity index (χ0n) is 11.7. The molecule has 0 aliphatic rings. The highest BCUT2D eigenvalue weighted by Gasteiger charge is 2.07. The molecule has 0 saturated carbocycles. The van der Waals surface area contributed by atoms with Gasteiger partial charge in [-0.05, 0) is 12.0 Å². The maximum absolute atomic E-state index is 5.57. The van der Waals surface area contributed by atoms with Crippen LogP contribution in [0.4, 0.5) is 5.95 Å². The highest BCUT2D eigenvalue weighted by atomic mass is 16.5. The van der Waals surface area contributed by atoms with Gasteiger partial charge in [0.15, 0.2) is 0 Å². The first kappa shape index (κ1) is 14.0. The standard InChI is InChI=1S/C14H18N4O2/c1-3-9-19-13-16-12(15-2)17-14(18-13)20-10-11-7-5-4-6-8-11/h4-8H,3,9-10H2,1-2H3,(H,15,16,17,18). The van der Waals surface area contributed by atoms with Crippen molar-refractivity contribution in [1.82, 2.24) is 15.0 Å². The molecule has 0 spiro atoms. The van der Waals surface area contributed by atoms with Gasteiger partial charge in [0.05, 0.1) is 6.61 Å². The van der Waals surface area contributed by atoms with E-state index in [9.17, 15) is 0 Å². The Hall–Kier alpha value is -2.37. The smallest absolute Gasteiger partial charge is 0.324 e. The number of benzene rings is 1. The minimum absolute atomic E-state index is 0.249. The second-order valence-electron chi connectivity index (χ2n) is 4.10.